The van der Waals surface area contributed by atoms with Crippen molar-refractivity contribution in [1.29, 1.82) is 0 Å². The van der Waals surface area contributed by atoms with Gasteiger partial charge in [-0.15, -0.1) is 0 Å². The summed E-state index contributed by atoms with van der Waals surface area (Å²) in [5, 5.41) is 0. The summed E-state index contributed by atoms with van der Waals surface area (Å²) in [6.45, 7) is 0.996. The summed E-state index contributed by atoms with van der Waals surface area (Å²) in [6.07, 6.45) is 4.81. The molecule has 0 bridgehead atoms. The molecular weight excluding hydrogens is 202 g/mol. The fraction of sp³-hybridized carbons (Fsp3) is 0.417. The van der Waals surface area contributed by atoms with E-state index in [2.05, 4.69) is 28.4 Å². The molecule has 16 heavy (non-hydrogen) atoms. The van der Waals surface area contributed by atoms with E-state index >= 15 is 0 Å². The maximum Gasteiger partial charge on any atom is 0.135 e. The van der Waals surface area contributed by atoms with Crippen LogP contribution in [0.2, 0.25) is 0 Å². The van der Waals surface area contributed by atoms with Crippen molar-refractivity contribution in [2.45, 2.75) is 6.42 Å². The molecule has 0 amide bonds. The van der Waals surface area contributed by atoms with E-state index in [1.807, 2.05) is 24.5 Å². The van der Waals surface area contributed by atoms with Crippen LogP contribution in [0.4, 0.5) is 0 Å². The highest BCUT2D eigenvalue weighted by atomic mass is 16.5. The highest BCUT2D eigenvalue weighted by Gasteiger charge is 2.04. The topological polar surface area (TPSA) is 29.8 Å². The fourth-order valence-corrected chi connectivity index (χ4v) is 1.65. The number of methoxy groups -OCH3 is 1. The summed E-state index contributed by atoms with van der Waals surface area (Å²) in [4.78, 5) is 6.58. The van der Waals surface area contributed by atoms with E-state index in [0.717, 1.165) is 30.1 Å². The van der Waals surface area contributed by atoms with Gasteiger partial charge in [-0.1, -0.05) is 0 Å². The van der Waals surface area contributed by atoms with Gasteiger partial charge in [-0.3, -0.25) is 4.40 Å². The molecule has 0 aliphatic rings. The van der Waals surface area contributed by atoms with Gasteiger partial charge in [0.2, 0.25) is 0 Å². The normalized spacial score (nSPS) is 11.2. The Morgan fingerprint density at radius 2 is 2.19 bits per heavy atom. The van der Waals surface area contributed by atoms with Gasteiger partial charge >= 0.3 is 0 Å². The SMILES string of the molecule is COc1ccc2cnc(CCN(C)C)n2c1. The van der Waals surface area contributed by atoms with E-state index in [0.29, 0.717) is 0 Å². The Morgan fingerprint density at radius 1 is 1.38 bits per heavy atom. The van der Waals surface area contributed by atoms with Crippen molar-refractivity contribution in [2.24, 2.45) is 0 Å². The molecule has 0 aliphatic heterocycles. The molecular formula is C12H17N3O. The molecule has 0 spiro atoms. The first-order chi connectivity index (χ1) is 7.70. The van der Waals surface area contributed by atoms with Crippen molar-refractivity contribution in [3.8, 4) is 5.75 Å². The summed E-state index contributed by atoms with van der Waals surface area (Å²) < 4.78 is 7.30. The number of ether oxygens (including phenoxy) is 1. The minimum Gasteiger partial charge on any atom is -0.495 e. The maximum atomic E-state index is 5.21. The molecule has 0 N–H and O–H groups in total. The lowest BCUT2D eigenvalue weighted by atomic mass is 10.3. The predicted molar refractivity (Wildman–Crippen MR) is 64.0 cm³/mol. The minimum absolute atomic E-state index is 0.858. The zero-order valence-electron chi connectivity index (χ0n) is 9.97. The van der Waals surface area contributed by atoms with Crippen LogP contribution in [0.5, 0.6) is 5.75 Å². The van der Waals surface area contributed by atoms with Gasteiger partial charge in [0.1, 0.15) is 11.6 Å². The van der Waals surface area contributed by atoms with Gasteiger partial charge in [-0.05, 0) is 26.2 Å². The molecule has 2 rings (SSSR count). The number of hydrogen-bond donors (Lipinski definition) is 0. The predicted octanol–water partition coefficient (Wildman–Crippen LogP) is 1.45. The van der Waals surface area contributed by atoms with Crippen molar-refractivity contribution in [2.75, 3.05) is 27.7 Å². The van der Waals surface area contributed by atoms with E-state index < -0.39 is 0 Å². The van der Waals surface area contributed by atoms with Gasteiger partial charge in [-0.25, -0.2) is 4.98 Å². The second-order valence-electron chi connectivity index (χ2n) is 4.09. The van der Waals surface area contributed by atoms with Crippen LogP contribution in [-0.2, 0) is 6.42 Å². The summed E-state index contributed by atoms with van der Waals surface area (Å²) in [7, 11) is 5.81. The van der Waals surface area contributed by atoms with Crippen molar-refractivity contribution in [3.63, 3.8) is 0 Å². The average molecular weight is 219 g/mol. The number of pyridine rings is 1. The first-order valence-corrected chi connectivity index (χ1v) is 5.35. The summed E-state index contributed by atoms with van der Waals surface area (Å²) in [6, 6.07) is 3.97. The summed E-state index contributed by atoms with van der Waals surface area (Å²) >= 11 is 0. The Kier molecular flexibility index (Phi) is 3.10. The molecule has 2 aromatic heterocycles. The summed E-state index contributed by atoms with van der Waals surface area (Å²) in [5.41, 5.74) is 1.11. The largest absolute Gasteiger partial charge is 0.495 e. The molecule has 2 aromatic rings. The first-order valence-electron chi connectivity index (χ1n) is 5.35. The second-order valence-corrected chi connectivity index (χ2v) is 4.09. The molecule has 0 saturated carbocycles. The Morgan fingerprint density at radius 3 is 2.88 bits per heavy atom. The zero-order chi connectivity index (χ0) is 11.5. The van der Waals surface area contributed by atoms with Crippen LogP contribution in [0.1, 0.15) is 5.82 Å². The van der Waals surface area contributed by atoms with Crippen LogP contribution in [0.25, 0.3) is 5.52 Å². The number of hydrogen-bond acceptors (Lipinski definition) is 3. The molecule has 0 aliphatic carbocycles. The molecule has 86 valence electrons. The van der Waals surface area contributed by atoms with Gasteiger partial charge in [0.15, 0.2) is 0 Å². The standard InChI is InChI=1S/C12H17N3O/c1-14(2)7-6-12-13-8-10-4-5-11(16-3)9-15(10)12/h4-5,8-9H,6-7H2,1-3H3. The van der Waals surface area contributed by atoms with Crippen molar-refractivity contribution < 1.29 is 4.74 Å². The molecule has 2 heterocycles. The number of fused-ring (bicyclic) bond motifs is 1. The molecule has 0 radical (unpaired) electrons. The molecule has 0 aromatic carbocycles. The average Bonchev–Trinajstić information content (AvgIpc) is 2.68. The van der Waals surface area contributed by atoms with E-state index in [9.17, 15) is 0 Å². The lowest BCUT2D eigenvalue weighted by Gasteiger charge is -2.08. The monoisotopic (exact) mass is 219 g/mol. The third-order valence-electron chi connectivity index (χ3n) is 2.60. The Balaban J connectivity index is 2.30. The second kappa shape index (κ2) is 4.53. The zero-order valence-corrected chi connectivity index (χ0v) is 9.97. The molecule has 4 heteroatoms. The third kappa shape index (κ3) is 2.17. The van der Waals surface area contributed by atoms with Crippen LogP contribution in [0.3, 0.4) is 0 Å². The van der Waals surface area contributed by atoms with Gasteiger partial charge in [0, 0.05) is 13.0 Å². The van der Waals surface area contributed by atoms with Gasteiger partial charge in [-0.2, -0.15) is 0 Å². The Hall–Kier alpha value is -1.55. The number of imidazole rings is 1. The van der Waals surface area contributed by atoms with Crippen LogP contribution in [0.15, 0.2) is 24.5 Å². The van der Waals surface area contributed by atoms with Gasteiger partial charge in [0.25, 0.3) is 0 Å². The lowest BCUT2D eigenvalue weighted by molar-refractivity contribution is 0.406. The quantitative estimate of drug-likeness (QED) is 0.779. The van der Waals surface area contributed by atoms with Crippen molar-refractivity contribution in [3.05, 3.63) is 30.4 Å². The molecule has 0 unspecified atom stereocenters. The third-order valence-corrected chi connectivity index (χ3v) is 2.60. The van der Waals surface area contributed by atoms with E-state index in [4.69, 9.17) is 4.74 Å². The summed E-state index contributed by atoms with van der Waals surface area (Å²) in [5.74, 6) is 1.93. The molecule has 0 atom stereocenters. The number of rotatable bonds is 4. The van der Waals surface area contributed by atoms with E-state index in [-0.39, 0.29) is 0 Å². The van der Waals surface area contributed by atoms with Crippen LogP contribution in [-0.4, -0.2) is 42.0 Å². The Labute approximate surface area is 95.5 Å². The van der Waals surface area contributed by atoms with Crippen molar-refractivity contribution >= 4 is 5.52 Å². The minimum atomic E-state index is 0.858. The lowest BCUT2D eigenvalue weighted by Crippen LogP contribution is -2.16. The van der Waals surface area contributed by atoms with E-state index in [1.165, 1.54) is 0 Å². The number of aromatic nitrogens is 2. The van der Waals surface area contributed by atoms with E-state index in [1.54, 1.807) is 7.11 Å². The van der Waals surface area contributed by atoms with Crippen LogP contribution >= 0.6 is 0 Å². The maximum absolute atomic E-state index is 5.21. The van der Waals surface area contributed by atoms with Gasteiger partial charge < -0.3 is 9.64 Å². The molecule has 4 nitrogen and oxygen atoms in total. The highest BCUT2D eigenvalue weighted by Crippen LogP contribution is 2.14. The van der Waals surface area contributed by atoms with Gasteiger partial charge in [0.05, 0.1) is 25.0 Å². The molecule has 0 saturated heterocycles. The highest BCUT2D eigenvalue weighted by molar-refractivity contribution is 5.48. The smallest absolute Gasteiger partial charge is 0.135 e. The van der Waals surface area contributed by atoms with Crippen LogP contribution < -0.4 is 4.74 Å². The first kappa shape index (κ1) is 11.0. The Bertz CT molecular complexity index is 476. The van der Waals surface area contributed by atoms with Crippen molar-refractivity contribution in [1.82, 2.24) is 14.3 Å². The number of likely N-dealkylation sites (N-methyl/N-ethyl adjacent to an activating group) is 1. The number of nitrogens with zero attached hydrogens (tertiary/aromatic N) is 3. The molecule has 0 fully saturated rings. The fourth-order valence-electron chi connectivity index (χ4n) is 1.65. The van der Waals surface area contributed by atoms with Crippen LogP contribution in [0, 0.1) is 0 Å².